The van der Waals surface area contributed by atoms with E-state index in [0.717, 1.165) is 12.3 Å². The molecule has 0 spiro atoms. The second kappa shape index (κ2) is 3.51. The van der Waals surface area contributed by atoms with Crippen LogP contribution < -0.4 is 0 Å². The molecule has 80 valence electrons. The Morgan fingerprint density at radius 3 is 2.60 bits per heavy atom. The van der Waals surface area contributed by atoms with Crippen LogP contribution in [-0.4, -0.2) is 9.38 Å². The SMILES string of the molecule is FC(F)(F)c1ccc2nc(Cl)c(I)n2c1. The molecule has 0 saturated carbocycles. The number of nitrogens with zero attached hydrogens (tertiary/aromatic N) is 2. The van der Waals surface area contributed by atoms with Crippen molar-refractivity contribution >= 4 is 39.8 Å². The molecule has 0 aliphatic heterocycles. The third-order valence-corrected chi connectivity index (χ3v) is 3.46. The van der Waals surface area contributed by atoms with E-state index in [-0.39, 0.29) is 5.15 Å². The van der Waals surface area contributed by atoms with Crippen LogP contribution in [0, 0.1) is 3.70 Å². The zero-order valence-electron chi connectivity index (χ0n) is 7.02. The Balaban J connectivity index is 2.70. The van der Waals surface area contributed by atoms with E-state index in [0.29, 0.717) is 9.35 Å². The van der Waals surface area contributed by atoms with Crippen LogP contribution in [0.2, 0.25) is 5.15 Å². The minimum Gasteiger partial charge on any atom is -0.293 e. The topological polar surface area (TPSA) is 17.3 Å². The molecule has 15 heavy (non-hydrogen) atoms. The number of hydrogen-bond donors (Lipinski definition) is 0. The first-order chi connectivity index (χ1) is 6.89. The molecule has 2 nitrogen and oxygen atoms in total. The first kappa shape index (κ1) is 11.0. The average molecular weight is 346 g/mol. The molecule has 0 fully saturated rings. The molecule has 0 N–H and O–H groups in total. The molecule has 0 bridgehead atoms. The predicted octanol–water partition coefficient (Wildman–Crippen LogP) is 3.61. The number of pyridine rings is 1. The van der Waals surface area contributed by atoms with E-state index < -0.39 is 11.7 Å². The molecule has 2 rings (SSSR count). The zero-order valence-corrected chi connectivity index (χ0v) is 9.93. The lowest BCUT2D eigenvalue weighted by molar-refractivity contribution is -0.137. The fourth-order valence-corrected chi connectivity index (χ4v) is 1.84. The summed E-state index contributed by atoms with van der Waals surface area (Å²) < 4.78 is 38.9. The molecule has 2 aromatic rings. The largest absolute Gasteiger partial charge is 0.417 e. The van der Waals surface area contributed by atoms with Gasteiger partial charge in [0, 0.05) is 6.20 Å². The summed E-state index contributed by atoms with van der Waals surface area (Å²) in [7, 11) is 0. The number of alkyl halides is 3. The third-order valence-electron chi connectivity index (χ3n) is 1.85. The molecule has 2 aromatic heterocycles. The van der Waals surface area contributed by atoms with Crippen LogP contribution in [0.25, 0.3) is 5.65 Å². The normalized spacial score (nSPS) is 12.3. The van der Waals surface area contributed by atoms with Gasteiger partial charge in [0.1, 0.15) is 9.35 Å². The summed E-state index contributed by atoms with van der Waals surface area (Å²) in [5.41, 5.74) is -0.320. The number of imidazole rings is 1. The monoisotopic (exact) mass is 346 g/mol. The lowest BCUT2D eigenvalue weighted by atomic mass is 10.3. The van der Waals surface area contributed by atoms with E-state index in [4.69, 9.17) is 11.6 Å². The maximum Gasteiger partial charge on any atom is 0.417 e. The van der Waals surface area contributed by atoms with Gasteiger partial charge in [-0.3, -0.25) is 4.40 Å². The van der Waals surface area contributed by atoms with Gasteiger partial charge in [-0.1, -0.05) is 11.6 Å². The van der Waals surface area contributed by atoms with Crippen molar-refractivity contribution in [2.75, 3.05) is 0 Å². The number of hydrogen-bond acceptors (Lipinski definition) is 1. The van der Waals surface area contributed by atoms with Crippen molar-refractivity contribution < 1.29 is 13.2 Å². The smallest absolute Gasteiger partial charge is 0.293 e. The van der Waals surface area contributed by atoms with Crippen molar-refractivity contribution in [1.82, 2.24) is 9.38 Å². The standard InChI is InChI=1S/C8H3ClF3IN2/c9-6-7(13)15-3-4(8(10,11)12)1-2-5(15)14-6/h1-3H. The summed E-state index contributed by atoms with van der Waals surface area (Å²) in [6, 6.07) is 2.27. The highest BCUT2D eigenvalue weighted by Gasteiger charge is 2.31. The summed E-state index contributed by atoms with van der Waals surface area (Å²) >= 11 is 7.54. The van der Waals surface area contributed by atoms with Gasteiger partial charge < -0.3 is 0 Å². The number of aromatic nitrogens is 2. The van der Waals surface area contributed by atoms with Crippen molar-refractivity contribution in [3.63, 3.8) is 0 Å². The van der Waals surface area contributed by atoms with Gasteiger partial charge in [-0.05, 0) is 34.7 Å². The fraction of sp³-hybridized carbons (Fsp3) is 0.125. The average Bonchev–Trinajstić information content (AvgIpc) is 2.41. The molecule has 0 atom stereocenters. The minimum absolute atomic E-state index is 0.204. The molecule has 0 amide bonds. The molecular formula is C8H3ClF3IN2. The summed E-state index contributed by atoms with van der Waals surface area (Å²) in [6.07, 6.45) is -3.37. The van der Waals surface area contributed by atoms with E-state index >= 15 is 0 Å². The van der Waals surface area contributed by atoms with Gasteiger partial charge in [-0.25, -0.2) is 4.98 Å². The van der Waals surface area contributed by atoms with Crippen LogP contribution >= 0.6 is 34.2 Å². The highest BCUT2D eigenvalue weighted by molar-refractivity contribution is 14.1. The Bertz CT molecular complexity index is 520. The Labute approximate surface area is 101 Å². The number of rotatable bonds is 0. The third kappa shape index (κ3) is 1.92. The highest BCUT2D eigenvalue weighted by atomic mass is 127. The van der Waals surface area contributed by atoms with Crippen molar-refractivity contribution in [1.29, 1.82) is 0 Å². The van der Waals surface area contributed by atoms with Gasteiger partial charge in [-0.15, -0.1) is 0 Å². The summed E-state index contributed by atoms with van der Waals surface area (Å²) in [5.74, 6) is 0. The number of halogens is 5. The van der Waals surface area contributed by atoms with E-state index in [1.54, 1.807) is 0 Å². The summed E-state index contributed by atoms with van der Waals surface area (Å²) in [5, 5.41) is 0.204. The van der Waals surface area contributed by atoms with Gasteiger partial charge in [-0.2, -0.15) is 13.2 Å². The molecule has 7 heteroatoms. The molecule has 0 unspecified atom stereocenters. The van der Waals surface area contributed by atoms with Crippen LogP contribution in [0.5, 0.6) is 0 Å². The number of fused-ring (bicyclic) bond motifs is 1. The summed E-state index contributed by atoms with van der Waals surface area (Å²) in [4.78, 5) is 3.89. The minimum atomic E-state index is -4.35. The van der Waals surface area contributed by atoms with Gasteiger partial charge in [0.15, 0.2) is 5.15 Å². The van der Waals surface area contributed by atoms with Crippen LogP contribution in [0.15, 0.2) is 18.3 Å². The van der Waals surface area contributed by atoms with Gasteiger partial charge in [0.05, 0.1) is 5.56 Å². The van der Waals surface area contributed by atoms with Gasteiger partial charge >= 0.3 is 6.18 Å². The maximum absolute atomic E-state index is 12.4. The van der Waals surface area contributed by atoms with Crippen LogP contribution in [0.1, 0.15) is 5.56 Å². The van der Waals surface area contributed by atoms with E-state index in [9.17, 15) is 13.2 Å². The molecule has 0 radical (unpaired) electrons. The van der Waals surface area contributed by atoms with Crippen molar-refractivity contribution in [3.05, 3.63) is 32.7 Å². The van der Waals surface area contributed by atoms with Gasteiger partial charge in [0.25, 0.3) is 0 Å². The highest BCUT2D eigenvalue weighted by Crippen LogP contribution is 2.30. The second-order valence-corrected chi connectivity index (χ2v) is 4.22. The second-order valence-electron chi connectivity index (χ2n) is 2.84. The molecule has 0 aromatic carbocycles. The van der Waals surface area contributed by atoms with Crippen LogP contribution in [0.4, 0.5) is 13.2 Å². The molecular weight excluding hydrogens is 343 g/mol. The molecule has 0 aliphatic carbocycles. The van der Waals surface area contributed by atoms with Crippen LogP contribution in [0.3, 0.4) is 0 Å². The van der Waals surface area contributed by atoms with E-state index in [1.165, 1.54) is 10.5 Å². The zero-order chi connectivity index (χ0) is 11.2. The molecule has 0 saturated heterocycles. The van der Waals surface area contributed by atoms with E-state index in [1.807, 2.05) is 22.6 Å². The Morgan fingerprint density at radius 1 is 1.33 bits per heavy atom. The Morgan fingerprint density at radius 2 is 2.00 bits per heavy atom. The van der Waals surface area contributed by atoms with Gasteiger partial charge in [0.2, 0.25) is 0 Å². The maximum atomic E-state index is 12.4. The predicted molar refractivity (Wildman–Crippen MR) is 57.9 cm³/mol. The molecule has 0 aliphatic rings. The van der Waals surface area contributed by atoms with Crippen LogP contribution in [-0.2, 0) is 6.18 Å². The quantitative estimate of drug-likeness (QED) is 0.666. The van der Waals surface area contributed by atoms with Crippen molar-refractivity contribution in [3.8, 4) is 0 Å². The summed E-state index contributed by atoms with van der Waals surface area (Å²) in [6.45, 7) is 0. The first-order valence-corrected chi connectivity index (χ1v) is 5.25. The van der Waals surface area contributed by atoms with Crippen molar-refractivity contribution in [2.45, 2.75) is 6.18 Å². The fourth-order valence-electron chi connectivity index (χ4n) is 1.16. The van der Waals surface area contributed by atoms with Crippen molar-refractivity contribution in [2.24, 2.45) is 0 Å². The Hall–Kier alpha value is -0.500. The first-order valence-electron chi connectivity index (χ1n) is 3.80. The Kier molecular flexibility index (Phi) is 2.58. The lowest BCUT2D eigenvalue weighted by Crippen LogP contribution is -2.06. The molecule has 2 heterocycles. The van der Waals surface area contributed by atoms with E-state index in [2.05, 4.69) is 4.98 Å². The lowest BCUT2D eigenvalue weighted by Gasteiger charge is -2.06.